The van der Waals surface area contributed by atoms with E-state index in [9.17, 15) is 8.42 Å². The molecule has 4 aliphatic carbocycles. The standard InChI is InChI=1S/C32H57N9O3S.Co/c33-45(42,43)44-23-15-7-14-22-24(23)32-40-30-21-13-6-5-12-20(21)28(38-30)36-26-17-9-2-1-8-16(17)25(34-26)35-27-18-10-3-4-11-19(18)29(37-27)39-31(22)41-32;/h16-32,34-41H,1-15H2,(H2,33,42,43);. The van der Waals surface area contributed by atoms with E-state index in [2.05, 4.69) is 42.5 Å². The maximum absolute atomic E-state index is 12.3. The van der Waals surface area contributed by atoms with Gasteiger partial charge < -0.3 is 0 Å². The monoisotopic (exact) mass is 706 g/mol. The summed E-state index contributed by atoms with van der Waals surface area (Å²) in [6, 6.07) is 0. The predicted octanol–water partition coefficient (Wildman–Crippen LogP) is 0.802. The SMILES string of the molecule is NS(=O)(=O)OC1CCCC2C3NC4NC(NC5NC(NC6NC(NC(N3)C12)C1CCCCC61)C1CCCCC51)C1CCCCC41.[Co]. The van der Waals surface area contributed by atoms with E-state index in [0.29, 0.717) is 54.3 Å². The number of hydrogen-bond donors (Lipinski definition) is 9. The van der Waals surface area contributed by atoms with Crippen LogP contribution in [0.5, 0.6) is 0 Å². The van der Waals surface area contributed by atoms with Gasteiger partial charge in [0.05, 0.1) is 55.4 Å². The zero-order valence-electron chi connectivity index (χ0n) is 27.0. The van der Waals surface area contributed by atoms with E-state index in [4.69, 9.17) is 9.32 Å². The minimum absolute atomic E-state index is 0. The molecule has 0 aromatic rings. The van der Waals surface area contributed by atoms with Gasteiger partial charge in [0.25, 0.3) is 0 Å². The molecule has 263 valence electrons. The van der Waals surface area contributed by atoms with Crippen LogP contribution >= 0.6 is 0 Å². The van der Waals surface area contributed by atoms with Crippen molar-refractivity contribution < 1.29 is 29.4 Å². The van der Waals surface area contributed by atoms with Gasteiger partial charge in [0.2, 0.25) is 0 Å². The summed E-state index contributed by atoms with van der Waals surface area (Å²) in [7, 11) is -4.05. The first kappa shape index (κ1) is 33.2. The summed E-state index contributed by atoms with van der Waals surface area (Å²) in [5.41, 5.74) is 0. The Hall–Kier alpha value is 0.0565. The Morgan fingerprint density at radius 1 is 0.413 bits per heavy atom. The van der Waals surface area contributed by atoms with Crippen molar-refractivity contribution in [2.75, 3.05) is 0 Å². The van der Waals surface area contributed by atoms with Crippen molar-refractivity contribution in [3.63, 3.8) is 0 Å². The zero-order chi connectivity index (χ0) is 30.3. The van der Waals surface area contributed by atoms with Gasteiger partial charge in [-0.05, 0) is 92.8 Å². The molecule has 5 saturated heterocycles. The van der Waals surface area contributed by atoms with E-state index in [-0.39, 0.29) is 65.6 Å². The van der Waals surface area contributed by atoms with Crippen molar-refractivity contribution in [3.8, 4) is 0 Å². The molecule has 0 aromatic carbocycles. The van der Waals surface area contributed by atoms with E-state index in [1.54, 1.807) is 0 Å². The van der Waals surface area contributed by atoms with Crippen LogP contribution in [-0.2, 0) is 31.3 Å². The number of nitrogens with two attached hydrogens (primary N) is 1. The third-order valence-electron chi connectivity index (χ3n) is 14.1. The van der Waals surface area contributed by atoms with Gasteiger partial charge in [-0.15, -0.1) is 0 Å². The summed E-state index contributed by atoms with van der Waals surface area (Å²) >= 11 is 0. The first-order valence-electron chi connectivity index (χ1n) is 18.7. The summed E-state index contributed by atoms with van der Waals surface area (Å²) in [5.74, 6) is 3.90. The van der Waals surface area contributed by atoms with Gasteiger partial charge in [-0.2, -0.15) is 8.42 Å². The Morgan fingerprint density at radius 2 is 0.696 bits per heavy atom. The molecule has 46 heavy (non-hydrogen) atoms. The van der Waals surface area contributed by atoms with E-state index >= 15 is 0 Å². The van der Waals surface area contributed by atoms with Crippen molar-refractivity contribution >= 4 is 10.3 Å². The fourth-order valence-corrected chi connectivity index (χ4v) is 12.9. The van der Waals surface area contributed by atoms with Crippen molar-refractivity contribution in [2.45, 2.75) is 152 Å². The maximum Gasteiger partial charge on any atom is 0.333 e. The normalized spacial score (nSPS) is 53.4. The molecular formula is C32H57CoN9O3S. The van der Waals surface area contributed by atoms with Gasteiger partial charge in [0.15, 0.2) is 0 Å². The van der Waals surface area contributed by atoms with Crippen molar-refractivity contribution in [3.05, 3.63) is 0 Å². The quantitative estimate of drug-likeness (QED) is 0.200. The van der Waals surface area contributed by atoms with Crippen LogP contribution in [0.25, 0.3) is 0 Å². The number of fused-ring (bicyclic) bond motifs is 20. The average Bonchev–Trinajstić information content (AvgIpc) is 3.76. The van der Waals surface area contributed by atoms with Gasteiger partial charge >= 0.3 is 10.3 Å². The minimum Gasteiger partial charge on any atom is -0.286 e. The molecule has 5 heterocycles. The van der Waals surface area contributed by atoms with Crippen LogP contribution in [-0.4, -0.2) is 63.8 Å². The smallest absolute Gasteiger partial charge is 0.286 e. The largest absolute Gasteiger partial charge is 0.333 e. The topological polar surface area (TPSA) is 166 Å². The Bertz CT molecular complexity index is 1200. The fraction of sp³-hybridized carbons (Fsp3) is 1.00. The Morgan fingerprint density at radius 3 is 1.02 bits per heavy atom. The van der Waals surface area contributed by atoms with Crippen molar-refractivity contribution in [1.82, 2.24) is 42.5 Å². The van der Waals surface area contributed by atoms with Crippen LogP contribution < -0.4 is 47.7 Å². The molecule has 12 nitrogen and oxygen atoms in total. The molecule has 4 saturated carbocycles. The van der Waals surface area contributed by atoms with Crippen LogP contribution in [0.4, 0.5) is 0 Å². The third kappa shape index (κ3) is 6.06. The Labute approximate surface area is 285 Å². The molecule has 0 aromatic heterocycles. The Balaban J connectivity index is 0.00000312. The third-order valence-corrected chi connectivity index (χ3v) is 14.6. The molecule has 0 spiro atoms. The van der Waals surface area contributed by atoms with Gasteiger partial charge in [0.1, 0.15) is 0 Å². The zero-order valence-corrected chi connectivity index (χ0v) is 28.8. The second kappa shape index (κ2) is 13.3. The molecule has 5 aliphatic heterocycles. The van der Waals surface area contributed by atoms with E-state index in [0.717, 1.165) is 12.8 Å². The van der Waals surface area contributed by atoms with Crippen LogP contribution in [0.3, 0.4) is 0 Å². The molecule has 10 N–H and O–H groups in total. The van der Waals surface area contributed by atoms with Crippen LogP contribution in [0.15, 0.2) is 0 Å². The second-order valence-corrected chi connectivity index (χ2v) is 17.5. The summed E-state index contributed by atoms with van der Waals surface area (Å²) in [4.78, 5) is 0. The van der Waals surface area contributed by atoms with Crippen LogP contribution in [0, 0.1) is 47.3 Å². The minimum atomic E-state index is -4.05. The predicted molar refractivity (Wildman–Crippen MR) is 171 cm³/mol. The molecule has 17 atom stereocenters. The first-order valence-corrected chi connectivity index (χ1v) is 20.2. The summed E-state index contributed by atoms with van der Waals surface area (Å²) in [5, 5.41) is 38.3. The molecular weight excluding hydrogens is 649 g/mol. The van der Waals surface area contributed by atoms with E-state index < -0.39 is 16.4 Å². The van der Waals surface area contributed by atoms with Crippen molar-refractivity contribution in [1.29, 1.82) is 0 Å². The summed E-state index contributed by atoms with van der Waals surface area (Å²) < 4.78 is 30.2. The van der Waals surface area contributed by atoms with E-state index in [1.165, 1.54) is 77.0 Å². The van der Waals surface area contributed by atoms with Crippen LogP contribution in [0.2, 0.25) is 0 Å². The van der Waals surface area contributed by atoms with Crippen molar-refractivity contribution in [2.24, 2.45) is 52.5 Å². The molecule has 8 bridgehead atoms. The van der Waals surface area contributed by atoms with E-state index in [1.807, 2.05) is 0 Å². The second-order valence-electron chi connectivity index (χ2n) is 16.3. The van der Waals surface area contributed by atoms with Crippen LogP contribution in [0.1, 0.15) is 96.3 Å². The molecule has 9 fully saturated rings. The molecule has 0 amide bonds. The van der Waals surface area contributed by atoms with Gasteiger partial charge in [0, 0.05) is 22.7 Å². The van der Waals surface area contributed by atoms with Gasteiger partial charge in [-0.25, -0.2) is 5.14 Å². The number of nitrogens with one attached hydrogen (secondary N) is 8. The molecule has 14 heteroatoms. The number of hydrogen-bond acceptors (Lipinski definition) is 11. The van der Waals surface area contributed by atoms with Gasteiger partial charge in [-0.1, -0.05) is 44.9 Å². The first-order chi connectivity index (χ1) is 21.9. The molecule has 9 rings (SSSR count). The fourth-order valence-electron chi connectivity index (χ4n) is 12.3. The molecule has 9 aliphatic rings. The Kier molecular flexibility index (Phi) is 9.61. The molecule has 1 radical (unpaired) electrons. The molecule has 17 unspecified atom stereocenters. The average molecular weight is 707 g/mol. The summed E-state index contributed by atoms with van der Waals surface area (Å²) in [6.45, 7) is 0. The number of rotatable bonds is 2. The van der Waals surface area contributed by atoms with Gasteiger partial charge in [-0.3, -0.25) is 46.7 Å². The maximum atomic E-state index is 12.3. The summed E-state index contributed by atoms with van der Waals surface area (Å²) in [6.07, 6.45) is 19.3.